The Hall–Kier alpha value is -0.200. The molecule has 0 amide bonds. The highest BCUT2D eigenvalue weighted by Gasteiger charge is 2.35. The third-order valence-corrected chi connectivity index (χ3v) is 7.02. The van der Waals surface area contributed by atoms with Gasteiger partial charge in [-0.25, -0.2) is 0 Å². The van der Waals surface area contributed by atoms with E-state index >= 15 is 0 Å². The molecule has 2 aliphatic carbocycles. The fourth-order valence-electron chi connectivity index (χ4n) is 5.54. The first-order chi connectivity index (χ1) is 13.4. The van der Waals surface area contributed by atoms with E-state index < -0.39 is 0 Å². The molecule has 0 radical (unpaired) electrons. The second kappa shape index (κ2) is 13.1. The zero-order valence-corrected chi connectivity index (χ0v) is 17.5. The van der Waals surface area contributed by atoms with Gasteiger partial charge in [0.1, 0.15) is 0 Å². The minimum Gasteiger partial charge on any atom is -0.314 e. The molecule has 2 saturated carbocycles. The molecule has 5 nitrogen and oxygen atoms in total. The average molecular weight is 380 g/mol. The van der Waals surface area contributed by atoms with Gasteiger partial charge < -0.3 is 26.6 Å². The largest absolute Gasteiger partial charge is 0.314 e. The van der Waals surface area contributed by atoms with Gasteiger partial charge in [-0.15, -0.1) is 0 Å². The smallest absolute Gasteiger partial charge is 0.0252 e. The first-order valence-corrected chi connectivity index (χ1v) is 12.0. The van der Waals surface area contributed by atoms with Crippen LogP contribution in [0, 0.1) is 11.8 Å². The van der Waals surface area contributed by atoms with E-state index in [0.717, 1.165) is 64.2 Å². The number of hydrogen-bond acceptors (Lipinski definition) is 5. The molecular formula is C22H45N5. The minimum absolute atomic E-state index is 0.651. The van der Waals surface area contributed by atoms with Gasteiger partial charge >= 0.3 is 0 Å². The molecule has 5 N–H and O–H groups in total. The van der Waals surface area contributed by atoms with Crippen molar-refractivity contribution in [3.8, 4) is 0 Å². The molecule has 3 aliphatic rings. The van der Waals surface area contributed by atoms with Crippen LogP contribution in [0.2, 0.25) is 0 Å². The van der Waals surface area contributed by atoms with Gasteiger partial charge in [-0.1, -0.05) is 38.5 Å². The molecule has 3 rings (SSSR count). The summed E-state index contributed by atoms with van der Waals surface area (Å²) >= 11 is 0. The van der Waals surface area contributed by atoms with Crippen molar-refractivity contribution in [3.05, 3.63) is 0 Å². The number of rotatable bonds is 2. The normalized spacial score (nSPS) is 32.4. The van der Waals surface area contributed by atoms with Crippen LogP contribution in [0.1, 0.15) is 64.2 Å². The van der Waals surface area contributed by atoms with Gasteiger partial charge in [0.2, 0.25) is 0 Å². The van der Waals surface area contributed by atoms with Gasteiger partial charge in [0, 0.05) is 64.4 Å². The monoisotopic (exact) mass is 379 g/mol. The van der Waals surface area contributed by atoms with Crippen LogP contribution in [-0.2, 0) is 0 Å². The summed E-state index contributed by atoms with van der Waals surface area (Å²) in [6, 6.07) is 1.30. The Morgan fingerprint density at radius 1 is 0.370 bits per heavy atom. The van der Waals surface area contributed by atoms with Crippen molar-refractivity contribution in [2.45, 2.75) is 76.3 Å². The molecule has 0 unspecified atom stereocenters. The Bertz CT molecular complexity index is 332. The maximum Gasteiger partial charge on any atom is 0.0252 e. The molecule has 1 saturated heterocycles. The van der Waals surface area contributed by atoms with E-state index in [2.05, 4.69) is 26.6 Å². The van der Waals surface area contributed by atoms with Gasteiger partial charge in [0.15, 0.2) is 0 Å². The predicted octanol–water partition coefficient (Wildman–Crippen LogP) is 1.85. The SMILES string of the molecule is C1CCC([C@@H]2NCCNCCNCCNCCN[C@H]2C2CCCCC2)CC1. The highest BCUT2D eigenvalue weighted by molar-refractivity contribution is 4.94. The van der Waals surface area contributed by atoms with Crippen LogP contribution in [0.4, 0.5) is 0 Å². The summed E-state index contributed by atoms with van der Waals surface area (Å²) < 4.78 is 0. The lowest BCUT2D eigenvalue weighted by atomic mass is 9.74. The zero-order chi connectivity index (χ0) is 18.6. The minimum atomic E-state index is 0.651. The lowest BCUT2D eigenvalue weighted by molar-refractivity contribution is 0.158. The molecule has 5 heteroatoms. The van der Waals surface area contributed by atoms with Gasteiger partial charge in [-0.3, -0.25) is 0 Å². The summed E-state index contributed by atoms with van der Waals surface area (Å²) in [7, 11) is 0. The topological polar surface area (TPSA) is 60.1 Å². The summed E-state index contributed by atoms with van der Waals surface area (Å²) in [5, 5.41) is 18.8. The van der Waals surface area contributed by atoms with Crippen LogP contribution in [0.5, 0.6) is 0 Å². The van der Waals surface area contributed by atoms with Crippen molar-refractivity contribution in [2.24, 2.45) is 11.8 Å². The summed E-state index contributed by atoms with van der Waals surface area (Å²) in [5.41, 5.74) is 0. The molecular weight excluding hydrogens is 334 g/mol. The predicted molar refractivity (Wildman–Crippen MR) is 115 cm³/mol. The maximum absolute atomic E-state index is 4.04. The third-order valence-electron chi connectivity index (χ3n) is 7.02. The molecule has 0 bridgehead atoms. The Kier molecular flexibility index (Phi) is 10.4. The summed E-state index contributed by atoms with van der Waals surface area (Å²) in [6.45, 7) is 8.64. The van der Waals surface area contributed by atoms with E-state index in [0.29, 0.717) is 12.1 Å². The van der Waals surface area contributed by atoms with Crippen LogP contribution < -0.4 is 26.6 Å². The summed E-state index contributed by atoms with van der Waals surface area (Å²) in [6.07, 6.45) is 14.4. The van der Waals surface area contributed by atoms with Gasteiger partial charge in [-0.2, -0.15) is 0 Å². The number of hydrogen-bond donors (Lipinski definition) is 5. The Labute approximate surface area is 167 Å². The molecule has 1 aliphatic heterocycles. The molecule has 0 aromatic heterocycles. The van der Waals surface area contributed by atoms with Crippen LogP contribution in [0.15, 0.2) is 0 Å². The molecule has 27 heavy (non-hydrogen) atoms. The fourth-order valence-corrected chi connectivity index (χ4v) is 5.54. The van der Waals surface area contributed by atoms with E-state index in [-0.39, 0.29) is 0 Å². The second-order valence-corrected chi connectivity index (χ2v) is 9.01. The van der Waals surface area contributed by atoms with Crippen LogP contribution in [0.25, 0.3) is 0 Å². The van der Waals surface area contributed by atoms with Crippen molar-refractivity contribution < 1.29 is 0 Å². The summed E-state index contributed by atoms with van der Waals surface area (Å²) in [5.74, 6) is 1.73. The second-order valence-electron chi connectivity index (χ2n) is 9.01. The van der Waals surface area contributed by atoms with Gasteiger partial charge in [0.25, 0.3) is 0 Å². The lowest BCUT2D eigenvalue weighted by Gasteiger charge is -2.42. The zero-order valence-electron chi connectivity index (χ0n) is 17.5. The Balaban J connectivity index is 1.65. The van der Waals surface area contributed by atoms with Crippen molar-refractivity contribution in [2.75, 3.05) is 52.4 Å². The average Bonchev–Trinajstić information content (AvgIpc) is 2.74. The fraction of sp³-hybridized carbons (Fsp3) is 1.00. The Morgan fingerprint density at radius 3 is 1.07 bits per heavy atom. The molecule has 3 fully saturated rings. The van der Waals surface area contributed by atoms with E-state index in [1.54, 1.807) is 0 Å². The molecule has 2 atom stereocenters. The summed E-state index contributed by atoms with van der Waals surface area (Å²) in [4.78, 5) is 0. The van der Waals surface area contributed by atoms with Crippen molar-refractivity contribution >= 4 is 0 Å². The highest BCUT2D eigenvalue weighted by atomic mass is 15.1. The van der Waals surface area contributed by atoms with Crippen molar-refractivity contribution in [1.29, 1.82) is 0 Å². The molecule has 1 heterocycles. The van der Waals surface area contributed by atoms with E-state index in [1.807, 2.05) is 0 Å². The molecule has 0 aromatic rings. The van der Waals surface area contributed by atoms with Gasteiger partial charge in [0.05, 0.1) is 0 Å². The maximum atomic E-state index is 4.04. The molecule has 0 aromatic carbocycles. The Morgan fingerprint density at radius 2 is 0.704 bits per heavy atom. The molecule has 158 valence electrons. The third kappa shape index (κ3) is 7.62. The standard InChI is InChI=1S/C22H45N5/c1-3-7-19(8-4-1)21-22(20-9-5-2-6-10-20)27-18-16-25-14-12-23-11-13-24-15-17-26-21/h19-27H,1-18H2/t21-,22-/m0/s1. The van der Waals surface area contributed by atoms with Crippen LogP contribution in [0.3, 0.4) is 0 Å². The van der Waals surface area contributed by atoms with E-state index in [4.69, 9.17) is 0 Å². The van der Waals surface area contributed by atoms with Crippen molar-refractivity contribution in [1.82, 2.24) is 26.6 Å². The quantitative estimate of drug-likeness (QED) is 0.507. The van der Waals surface area contributed by atoms with E-state index in [9.17, 15) is 0 Å². The number of nitrogens with one attached hydrogen (secondary N) is 5. The van der Waals surface area contributed by atoms with Crippen LogP contribution >= 0.6 is 0 Å². The first kappa shape index (κ1) is 21.5. The lowest BCUT2D eigenvalue weighted by Crippen LogP contribution is -2.57. The van der Waals surface area contributed by atoms with Crippen molar-refractivity contribution in [3.63, 3.8) is 0 Å². The highest BCUT2D eigenvalue weighted by Crippen LogP contribution is 2.34. The molecule has 0 spiro atoms. The first-order valence-electron chi connectivity index (χ1n) is 12.0. The van der Waals surface area contributed by atoms with Gasteiger partial charge in [-0.05, 0) is 37.5 Å². The van der Waals surface area contributed by atoms with Crippen LogP contribution in [-0.4, -0.2) is 64.4 Å². The van der Waals surface area contributed by atoms with E-state index in [1.165, 1.54) is 64.2 Å².